The van der Waals surface area contributed by atoms with Crippen LogP contribution >= 0.6 is 11.9 Å². The summed E-state index contributed by atoms with van der Waals surface area (Å²) in [7, 11) is 1.78. The Morgan fingerprint density at radius 3 is 2.47 bits per heavy atom. The van der Waals surface area contributed by atoms with E-state index in [9.17, 15) is 4.79 Å². The van der Waals surface area contributed by atoms with Gasteiger partial charge in [0.2, 0.25) is 0 Å². The summed E-state index contributed by atoms with van der Waals surface area (Å²) in [6, 6.07) is 5.84. The van der Waals surface area contributed by atoms with E-state index in [2.05, 4.69) is 26.1 Å². The molecule has 0 heterocycles. The molecular weight excluding hydrogens is 232 g/mol. The monoisotopic (exact) mass is 252 g/mol. The molecule has 0 aliphatic heterocycles. The second-order valence-corrected chi connectivity index (χ2v) is 6.08. The second-order valence-electron chi connectivity index (χ2n) is 4.38. The van der Waals surface area contributed by atoms with Crippen LogP contribution < -0.4 is 5.32 Å². The van der Waals surface area contributed by atoms with E-state index in [1.807, 2.05) is 25.1 Å². The molecule has 94 valence electrons. The predicted molar refractivity (Wildman–Crippen MR) is 75.4 cm³/mol. The summed E-state index contributed by atoms with van der Waals surface area (Å²) in [4.78, 5) is 11.8. The first kappa shape index (κ1) is 13.9. The van der Waals surface area contributed by atoms with Gasteiger partial charge in [-0.15, -0.1) is 0 Å². The van der Waals surface area contributed by atoms with Gasteiger partial charge in [0.25, 0.3) is 0 Å². The van der Waals surface area contributed by atoms with E-state index in [0.29, 0.717) is 5.25 Å². The topological polar surface area (TPSA) is 32.3 Å². The van der Waals surface area contributed by atoms with Crippen molar-refractivity contribution in [1.29, 1.82) is 0 Å². The molecule has 3 nitrogen and oxygen atoms in total. The lowest BCUT2D eigenvalue weighted by Gasteiger charge is -2.18. The van der Waals surface area contributed by atoms with Crippen LogP contribution in [0.15, 0.2) is 18.2 Å². The minimum Gasteiger partial charge on any atom is -0.307 e. The Morgan fingerprint density at radius 2 is 1.94 bits per heavy atom. The maximum Gasteiger partial charge on any atom is 0.331 e. The van der Waals surface area contributed by atoms with Crippen LogP contribution in [0.3, 0.4) is 0 Å². The second kappa shape index (κ2) is 5.96. The van der Waals surface area contributed by atoms with E-state index in [4.69, 9.17) is 0 Å². The van der Waals surface area contributed by atoms with Gasteiger partial charge in [-0.25, -0.2) is 4.79 Å². The van der Waals surface area contributed by atoms with Crippen molar-refractivity contribution < 1.29 is 4.79 Å². The lowest BCUT2D eigenvalue weighted by molar-refractivity contribution is 0.243. The van der Waals surface area contributed by atoms with Gasteiger partial charge >= 0.3 is 6.03 Å². The highest BCUT2D eigenvalue weighted by Crippen LogP contribution is 2.18. The molecule has 2 amide bonds. The quantitative estimate of drug-likeness (QED) is 0.829. The van der Waals surface area contributed by atoms with Gasteiger partial charge in [-0.2, -0.15) is 0 Å². The third kappa shape index (κ3) is 4.30. The number of carbonyl (C=O) groups is 1. The Hall–Kier alpha value is -1.16. The van der Waals surface area contributed by atoms with Crippen LogP contribution in [-0.4, -0.2) is 22.6 Å². The molecule has 0 fully saturated rings. The summed E-state index contributed by atoms with van der Waals surface area (Å²) < 4.78 is 1.62. The molecule has 0 radical (unpaired) electrons. The van der Waals surface area contributed by atoms with Crippen LogP contribution in [-0.2, 0) is 0 Å². The minimum atomic E-state index is -0.0908. The van der Waals surface area contributed by atoms with Crippen LogP contribution in [0, 0.1) is 13.8 Å². The zero-order chi connectivity index (χ0) is 13.0. The molecule has 1 rings (SSSR count). The van der Waals surface area contributed by atoms with Gasteiger partial charge < -0.3 is 5.32 Å². The summed E-state index contributed by atoms with van der Waals surface area (Å²) >= 11 is 1.51. The maximum absolute atomic E-state index is 11.8. The van der Waals surface area contributed by atoms with Crippen molar-refractivity contribution >= 4 is 23.7 Å². The first-order valence-electron chi connectivity index (χ1n) is 5.69. The largest absolute Gasteiger partial charge is 0.331 e. The fourth-order valence-corrected chi connectivity index (χ4v) is 2.16. The SMILES string of the molecule is Cc1ccc(NC(=O)N(C)SC(C)C)cc1C. The lowest BCUT2D eigenvalue weighted by atomic mass is 10.1. The first-order chi connectivity index (χ1) is 7.90. The fraction of sp³-hybridized carbons (Fsp3) is 0.462. The molecule has 0 aromatic heterocycles. The van der Waals surface area contributed by atoms with E-state index < -0.39 is 0 Å². The number of carbonyl (C=O) groups excluding carboxylic acids is 1. The molecule has 0 aliphatic rings. The predicted octanol–water partition coefficient (Wildman–Crippen LogP) is 3.82. The van der Waals surface area contributed by atoms with E-state index in [1.54, 1.807) is 11.4 Å². The Morgan fingerprint density at radius 1 is 1.29 bits per heavy atom. The minimum absolute atomic E-state index is 0.0908. The van der Waals surface area contributed by atoms with Gasteiger partial charge in [0.15, 0.2) is 0 Å². The molecule has 0 saturated carbocycles. The van der Waals surface area contributed by atoms with Crippen molar-refractivity contribution in [1.82, 2.24) is 4.31 Å². The normalized spacial score (nSPS) is 10.5. The molecule has 0 spiro atoms. The van der Waals surface area contributed by atoms with Gasteiger partial charge in [0.1, 0.15) is 0 Å². The molecule has 0 unspecified atom stereocenters. The van der Waals surface area contributed by atoms with Crippen LogP contribution in [0.4, 0.5) is 10.5 Å². The number of anilines is 1. The number of amides is 2. The van der Waals surface area contributed by atoms with E-state index >= 15 is 0 Å². The molecule has 4 heteroatoms. The zero-order valence-electron chi connectivity index (χ0n) is 11.1. The van der Waals surface area contributed by atoms with Crippen molar-refractivity contribution in [3.63, 3.8) is 0 Å². The van der Waals surface area contributed by atoms with Gasteiger partial charge in [0, 0.05) is 18.0 Å². The summed E-state index contributed by atoms with van der Waals surface area (Å²) in [5.41, 5.74) is 3.25. The number of benzene rings is 1. The number of nitrogens with zero attached hydrogens (tertiary/aromatic N) is 1. The highest BCUT2D eigenvalue weighted by molar-refractivity contribution is 7.98. The number of hydrogen-bond donors (Lipinski definition) is 1. The first-order valence-corrected chi connectivity index (χ1v) is 6.52. The molecule has 17 heavy (non-hydrogen) atoms. The van der Waals surface area contributed by atoms with Crippen molar-refractivity contribution in [2.75, 3.05) is 12.4 Å². The average Bonchev–Trinajstić information content (AvgIpc) is 2.22. The van der Waals surface area contributed by atoms with Gasteiger partial charge in [-0.3, -0.25) is 4.31 Å². The fourth-order valence-electron chi connectivity index (χ4n) is 1.39. The number of hydrogen-bond acceptors (Lipinski definition) is 2. The molecule has 1 N–H and O–H groups in total. The van der Waals surface area contributed by atoms with Gasteiger partial charge in [-0.05, 0) is 49.1 Å². The number of aryl methyl sites for hydroxylation is 2. The summed E-state index contributed by atoms with van der Waals surface area (Å²) in [6.45, 7) is 8.22. The van der Waals surface area contributed by atoms with Crippen molar-refractivity contribution in [3.8, 4) is 0 Å². The molecule has 0 saturated heterocycles. The number of nitrogens with one attached hydrogen (secondary N) is 1. The van der Waals surface area contributed by atoms with Crippen LogP contribution in [0.1, 0.15) is 25.0 Å². The maximum atomic E-state index is 11.8. The van der Waals surface area contributed by atoms with E-state index in [1.165, 1.54) is 23.1 Å². The Bertz CT molecular complexity index is 404. The molecule has 1 aromatic carbocycles. The zero-order valence-corrected chi connectivity index (χ0v) is 11.9. The number of urea groups is 1. The summed E-state index contributed by atoms with van der Waals surface area (Å²) in [5, 5.41) is 3.28. The van der Waals surface area contributed by atoms with Crippen molar-refractivity contribution in [3.05, 3.63) is 29.3 Å². The molecule has 0 atom stereocenters. The highest BCUT2D eigenvalue weighted by Gasteiger charge is 2.11. The Labute approximate surface area is 108 Å². The van der Waals surface area contributed by atoms with Crippen molar-refractivity contribution in [2.24, 2.45) is 0 Å². The Kier molecular flexibility index (Phi) is 4.87. The van der Waals surface area contributed by atoms with Crippen LogP contribution in [0.2, 0.25) is 0 Å². The highest BCUT2D eigenvalue weighted by atomic mass is 32.2. The molecule has 0 bridgehead atoms. The van der Waals surface area contributed by atoms with Crippen LogP contribution in [0.5, 0.6) is 0 Å². The third-order valence-corrected chi connectivity index (χ3v) is 3.32. The molecule has 1 aromatic rings. The molecule has 0 aliphatic carbocycles. The van der Waals surface area contributed by atoms with Gasteiger partial charge in [-0.1, -0.05) is 19.9 Å². The molecular formula is C13H20N2OS. The van der Waals surface area contributed by atoms with Crippen molar-refractivity contribution in [2.45, 2.75) is 32.9 Å². The summed E-state index contributed by atoms with van der Waals surface area (Å²) in [5.74, 6) is 0. The smallest absolute Gasteiger partial charge is 0.307 e. The third-order valence-electron chi connectivity index (χ3n) is 2.41. The Balaban J connectivity index is 2.64. The van der Waals surface area contributed by atoms with E-state index in [0.717, 1.165) is 5.69 Å². The summed E-state index contributed by atoms with van der Waals surface area (Å²) in [6.07, 6.45) is 0. The standard InChI is InChI=1S/C13H20N2OS/c1-9(2)17-15(5)13(16)14-12-7-6-10(3)11(4)8-12/h6-9H,1-5H3,(H,14,16). The lowest BCUT2D eigenvalue weighted by Crippen LogP contribution is -2.27. The number of rotatable bonds is 3. The van der Waals surface area contributed by atoms with Crippen LogP contribution in [0.25, 0.3) is 0 Å². The average molecular weight is 252 g/mol. The van der Waals surface area contributed by atoms with E-state index in [-0.39, 0.29) is 6.03 Å². The van der Waals surface area contributed by atoms with Gasteiger partial charge in [0.05, 0.1) is 0 Å².